The average molecular weight is 395 g/mol. The monoisotopic (exact) mass is 394 g/mol. The molecule has 0 saturated carbocycles. The molecule has 3 aromatic rings. The molecule has 0 fully saturated rings. The zero-order valence-electron chi connectivity index (χ0n) is 16.5. The van der Waals surface area contributed by atoms with Crippen molar-refractivity contribution in [3.63, 3.8) is 0 Å². The Kier molecular flexibility index (Phi) is 6.87. The van der Waals surface area contributed by atoms with Gasteiger partial charge in [-0.25, -0.2) is 0 Å². The van der Waals surface area contributed by atoms with Crippen LogP contribution in [-0.4, -0.2) is 44.4 Å². The van der Waals surface area contributed by atoms with Crippen molar-refractivity contribution in [2.45, 2.75) is 32.0 Å². The van der Waals surface area contributed by atoms with Gasteiger partial charge in [0.1, 0.15) is 5.82 Å². The predicted molar refractivity (Wildman–Crippen MR) is 116 cm³/mol. The summed E-state index contributed by atoms with van der Waals surface area (Å²) < 4.78 is 2.05. The Balaban J connectivity index is 1.82. The van der Waals surface area contributed by atoms with Crippen LogP contribution in [0.25, 0.3) is 10.8 Å². The fraction of sp³-hybridized carbons (Fsp3) is 0.318. The van der Waals surface area contributed by atoms with Crippen molar-refractivity contribution < 1.29 is 4.79 Å². The molecule has 28 heavy (non-hydrogen) atoms. The first kappa shape index (κ1) is 20.1. The van der Waals surface area contributed by atoms with Crippen LogP contribution in [0.5, 0.6) is 0 Å². The van der Waals surface area contributed by atoms with Crippen LogP contribution < -0.4 is 0 Å². The van der Waals surface area contributed by atoms with E-state index < -0.39 is 0 Å². The summed E-state index contributed by atoms with van der Waals surface area (Å²) in [5.41, 5.74) is 1.21. The van der Waals surface area contributed by atoms with Crippen LogP contribution in [0.2, 0.25) is 0 Å². The SMILES string of the molecule is C=CCn1c(Cc2cccc3ccccc23)nnc1SCC(=O)N(CC)CC. The molecule has 0 bridgehead atoms. The standard InChI is InChI=1S/C22H26N4OS/c1-4-14-26-20(15-18-12-9-11-17-10-7-8-13-19(17)18)23-24-22(26)28-16-21(27)25(5-2)6-3/h4,7-13H,1,5-6,14-16H2,2-3H3. The fourth-order valence-electron chi connectivity index (χ4n) is 3.28. The van der Waals surface area contributed by atoms with E-state index >= 15 is 0 Å². The van der Waals surface area contributed by atoms with Crippen molar-refractivity contribution in [1.29, 1.82) is 0 Å². The lowest BCUT2D eigenvalue weighted by molar-refractivity contribution is -0.127. The van der Waals surface area contributed by atoms with Crippen molar-refractivity contribution >= 4 is 28.4 Å². The zero-order valence-corrected chi connectivity index (χ0v) is 17.3. The second-order valence-corrected chi connectivity index (χ2v) is 7.41. The van der Waals surface area contributed by atoms with Crippen LogP contribution in [0.3, 0.4) is 0 Å². The molecule has 1 heterocycles. The largest absolute Gasteiger partial charge is 0.343 e. The fourth-order valence-corrected chi connectivity index (χ4v) is 4.15. The molecule has 0 spiro atoms. The molecule has 0 unspecified atom stereocenters. The summed E-state index contributed by atoms with van der Waals surface area (Å²) in [6.45, 7) is 9.92. The van der Waals surface area contributed by atoms with Gasteiger partial charge in [0.05, 0.1) is 5.75 Å². The van der Waals surface area contributed by atoms with Crippen molar-refractivity contribution in [2.24, 2.45) is 0 Å². The third-order valence-electron chi connectivity index (χ3n) is 4.77. The Morgan fingerprint density at radius 2 is 1.89 bits per heavy atom. The van der Waals surface area contributed by atoms with Gasteiger partial charge in [-0.05, 0) is 30.2 Å². The molecule has 6 heteroatoms. The number of thioether (sulfide) groups is 1. The number of carbonyl (C=O) groups is 1. The summed E-state index contributed by atoms with van der Waals surface area (Å²) in [6.07, 6.45) is 2.53. The van der Waals surface area contributed by atoms with Crippen molar-refractivity contribution in [1.82, 2.24) is 19.7 Å². The summed E-state index contributed by atoms with van der Waals surface area (Å²) in [7, 11) is 0. The van der Waals surface area contributed by atoms with Gasteiger partial charge in [-0.3, -0.25) is 4.79 Å². The number of rotatable bonds is 9. The first-order valence-corrected chi connectivity index (χ1v) is 10.6. The molecular formula is C22H26N4OS. The molecule has 0 aliphatic carbocycles. The van der Waals surface area contributed by atoms with E-state index in [1.165, 1.54) is 28.1 Å². The molecule has 0 atom stereocenters. The average Bonchev–Trinajstić information content (AvgIpc) is 3.09. The molecule has 146 valence electrons. The second-order valence-electron chi connectivity index (χ2n) is 6.47. The van der Waals surface area contributed by atoms with Gasteiger partial charge >= 0.3 is 0 Å². The van der Waals surface area contributed by atoms with Gasteiger partial charge in [0.25, 0.3) is 0 Å². The van der Waals surface area contributed by atoms with Gasteiger partial charge in [0.2, 0.25) is 5.91 Å². The maximum absolute atomic E-state index is 12.3. The lowest BCUT2D eigenvalue weighted by atomic mass is 10.0. The minimum absolute atomic E-state index is 0.124. The van der Waals surface area contributed by atoms with E-state index in [2.05, 4.69) is 57.7 Å². The number of nitrogens with zero attached hydrogens (tertiary/aromatic N) is 4. The Hall–Kier alpha value is -2.60. The van der Waals surface area contributed by atoms with E-state index in [0.29, 0.717) is 18.7 Å². The molecule has 0 aliphatic rings. The number of hydrogen-bond acceptors (Lipinski definition) is 4. The minimum Gasteiger partial charge on any atom is -0.343 e. The highest BCUT2D eigenvalue weighted by molar-refractivity contribution is 7.99. The lowest BCUT2D eigenvalue weighted by Crippen LogP contribution is -2.31. The molecule has 0 saturated heterocycles. The first-order chi connectivity index (χ1) is 13.7. The van der Waals surface area contributed by atoms with Gasteiger partial charge in [-0.15, -0.1) is 16.8 Å². The van der Waals surface area contributed by atoms with Gasteiger partial charge in [0, 0.05) is 26.1 Å². The van der Waals surface area contributed by atoms with E-state index in [-0.39, 0.29) is 5.91 Å². The molecule has 5 nitrogen and oxygen atoms in total. The molecule has 1 aromatic heterocycles. The topological polar surface area (TPSA) is 51.0 Å². The number of amides is 1. The Morgan fingerprint density at radius 3 is 2.64 bits per heavy atom. The highest BCUT2D eigenvalue weighted by atomic mass is 32.2. The van der Waals surface area contributed by atoms with Crippen LogP contribution in [0.4, 0.5) is 0 Å². The Morgan fingerprint density at radius 1 is 1.14 bits per heavy atom. The Bertz CT molecular complexity index is 957. The van der Waals surface area contributed by atoms with Gasteiger partial charge in [-0.2, -0.15) is 0 Å². The van der Waals surface area contributed by atoms with Crippen LogP contribution in [-0.2, 0) is 17.8 Å². The number of aromatic nitrogens is 3. The summed E-state index contributed by atoms with van der Waals surface area (Å²) in [6, 6.07) is 14.7. The predicted octanol–water partition coefficient (Wildman–Crippen LogP) is 4.17. The zero-order chi connectivity index (χ0) is 19.9. The third kappa shape index (κ3) is 4.44. The number of carbonyl (C=O) groups excluding carboxylic acids is 1. The quantitative estimate of drug-likeness (QED) is 0.404. The third-order valence-corrected chi connectivity index (χ3v) is 5.73. The highest BCUT2D eigenvalue weighted by Crippen LogP contribution is 2.23. The number of hydrogen-bond donors (Lipinski definition) is 0. The van der Waals surface area contributed by atoms with Crippen molar-refractivity contribution in [3.8, 4) is 0 Å². The van der Waals surface area contributed by atoms with E-state index in [0.717, 1.165) is 24.1 Å². The minimum atomic E-state index is 0.124. The molecule has 0 radical (unpaired) electrons. The normalized spacial score (nSPS) is 10.9. The first-order valence-electron chi connectivity index (χ1n) is 9.58. The molecule has 0 N–H and O–H groups in total. The molecule has 2 aromatic carbocycles. The van der Waals surface area contributed by atoms with Crippen molar-refractivity contribution in [3.05, 3.63) is 66.5 Å². The van der Waals surface area contributed by atoms with Crippen LogP contribution in [0, 0.1) is 0 Å². The summed E-state index contributed by atoms with van der Waals surface area (Å²) in [5.74, 6) is 1.37. The maximum Gasteiger partial charge on any atom is 0.233 e. The number of fused-ring (bicyclic) bond motifs is 1. The Labute approximate surface area is 170 Å². The lowest BCUT2D eigenvalue weighted by Gasteiger charge is -2.18. The van der Waals surface area contributed by atoms with Crippen LogP contribution in [0.15, 0.2) is 60.3 Å². The number of allylic oxidation sites excluding steroid dienone is 1. The van der Waals surface area contributed by atoms with E-state index in [1.807, 2.05) is 30.9 Å². The van der Waals surface area contributed by atoms with Crippen LogP contribution >= 0.6 is 11.8 Å². The highest BCUT2D eigenvalue weighted by Gasteiger charge is 2.16. The molecule has 0 aliphatic heterocycles. The molecular weight excluding hydrogens is 368 g/mol. The number of benzene rings is 2. The molecule has 1 amide bonds. The molecule has 3 rings (SSSR count). The van der Waals surface area contributed by atoms with Gasteiger partial charge < -0.3 is 9.47 Å². The van der Waals surface area contributed by atoms with Gasteiger partial charge in [-0.1, -0.05) is 60.3 Å². The summed E-state index contributed by atoms with van der Waals surface area (Å²) in [5, 5.41) is 12.0. The van der Waals surface area contributed by atoms with E-state index in [1.54, 1.807) is 0 Å². The summed E-state index contributed by atoms with van der Waals surface area (Å²) in [4.78, 5) is 14.2. The summed E-state index contributed by atoms with van der Waals surface area (Å²) >= 11 is 1.44. The second kappa shape index (κ2) is 9.55. The van der Waals surface area contributed by atoms with E-state index in [4.69, 9.17) is 0 Å². The van der Waals surface area contributed by atoms with E-state index in [9.17, 15) is 4.79 Å². The van der Waals surface area contributed by atoms with Crippen molar-refractivity contribution in [2.75, 3.05) is 18.8 Å². The van der Waals surface area contributed by atoms with Gasteiger partial charge in [0.15, 0.2) is 5.16 Å². The smallest absolute Gasteiger partial charge is 0.233 e. The maximum atomic E-state index is 12.3. The van der Waals surface area contributed by atoms with Crippen LogP contribution in [0.1, 0.15) is 25.2 Å².